The quantitative estimate of drug-likeness (QED) is 0.720. The van der Waals surface area contributed by atoms with E-state index in [2.05, 4.69) is 15.8 Å². The maximum atomic E-state index is 13.7. The van der Waals surface area contributed by atoms with Crippen molar-refractivity contribution < 1.29 is 22.3 Å². The number of hydrogen-bond acceptors (Lipinski definition) is 5. The number of nitrogens with one attached hydrogen (secondary N) is 2. The number of H-pyrrole nitrogens is 1. The zero-order chi connectivity index (χ0) is 22.1. The van der Waals surface area contributed by atoms with Crippen molar-refractivity contribution in [1.29, 1.82) is 5.26 Å². The fourth-order valence-electron chi connectivity index (χ4n) is 4.28. The summed E-state index contributed by atoms with van der Waals surface area (Å²) in [7, 11) is -3.98. The Morgan fingerprint density at radius 1 is 1.42 bits per heavy atom. The van der Waals surface area contributed by atoms with Crippen LogP contribution in [0.2, 0.25) is 5.02 Å². The molecule has 31 heavy (non-hydrogen) atoms. The molecule has 0 radical (unpaired) electrons. The minimum Gasteiger partial charge on any atom is -0.491 e. The smallest absolute Gasteiger partial charge is 0.256 e. The van der Waals surface area contributed by atoms with Crippen molar-refractivity contribution in [2.24, 2.45) is 5.92 Å². The van der Waals surface area contributed by atoms with Crippen LogP contribution in [0.5, 0.6) is 5.75 Å². The Bertz CT molecular complexity index is 1260. The molecule has 11 heteroatoms. The van der Waals surface area contributed by atoms with Gasteiger partial charge in [-0.2, -0.15) is 9.98 Å². The lowest BCUT2D eigenvalue weighted by Gasteiger charge is -2.35. The number of likely N-dealkylation sites (tertiary alicyclic amines) is 1. The summed E-state index contributed by atoms with van der Waals surface area (Å²) in [6, 6.07) is 6.11. The number of rotatable bonds is 4. The average Bonchev–Trinajstić information content (AvgIpc) is 3.24. The van der Waals surface area contributed by atoms with E-state index in [4.69, 9.17) is 21.6 Å². The normalized spacial score (nSPS) is 24.5. The van der Waals surface area contributed by atoms with E-state index in [1.54, 1.807) is 6.92 Å². The Morgan fingerprint density at radius 2 is 2.16 bits per heavy atom. The molecule has 2 aromatic rings. The first kappa shape index (κ1) is 20.3. The van der Waals surface area contributed by atoms with Gasteiger partial charge in [0.15, 0.2) is 0 Å². The molecule has 2 atom stereocenters. The molecule has 162 valence electrons. The molecule has 3 aliphatic rings. The van der Waals surface area contributed by atoms with Crippen molar-refractivity contribution in [2.45, 2.75) is 29.8 Å². The molecular formula is C20H18ClFN4O4S. The number of aryl methyl sites for hydroxylation is 1. The van der Waals surface area contributed by atoms with E-state index in [9.17, 15) is 17.6 Å². The van der Waals surface area contributed by atoms with Gasteiger partial charge in [-0.05, 0) is 25.5 Å². The molecule has 0 unspecified atom stereocenters. The second-order valence-electron chi connectivity index (χ2n) is 8.32. The number of fused-ring (bicyclic) bond motifs is 3. The molecule has 0 bridgehead atoms. The highest BCUT2D eigenvalue weighted by atomic mass is 35.5. The molecule has 1 aliphatic carbocycles. The number of carbonyl (C=O) groups is 1. The molecule has 2 fully saturated rings. The Kier molecular flexibility index (Phi) is 4.38. The highest BCUT2D eigenvalue weighted by Crippen LogP contribution is 2.58. The van der Waals surface area contributed by atoms with Crippen molar-refractivity contribution in [3.63, 3.8) is 0 Å². The lowest BCUT2D eigenvalue weighted by molar-refractivity contribution is 0.0576. The number of aromatic nitrogens is 1. The number of sulfonamides is 1. The topological polar surface area (TPSA) is 115 Å². The van der Waals surface area contributed by atoms with E-state index >= 15 is 0 Å². The molecule has 1 aromatic heterocycles. The molecule has 1 saturated heterocycles. The third kappa shape index (κ3) is 3.19. The number of carbonyl (C=O) groups excluding carboxylic acids is 1. The average molecular weight is 465 g/mol. The zero-order valence-electron chi connectivity index (χ0n) is 16.4. The van der Waals surface area contributed by atoms with Crippen molar-refractivity contribution in [3.8, 4) is 11.8 Å². The van der Waals surface area contributed by atoms with Gasteiger partial charge in [0.1, 0.15) is 23.2 Å². The van der Waals surface area contributed by atoms with Crippen LogP contribution in [-0.4, -0.2) is 49.4 Å². The van der Waals surface area contributed by atoms with E-state index in [1.165, 1.54) is 23.1 Å². The summed E-state index contributed by atoms with van der Waals surface area (Å²) in [5.41, 5.74) is 0.522. The first-order chi connectivity index (χ1) is 14.6. The molecule has 3 heterocycles. The predicted octanol–water partition coefficient (Wildman–Crippen LogP) is 2.31. The minimum atomic E-state index is -3.98. The van der Waals surface area contributed by atoms with Gasteiger partial charge in [0.05, 0.1) is 28.1 Å². The molecule has 2 aliphatic heterocycles. The van der Waals surface area contributed by atoms with Crippen molar-refractivity contribution in [2.75, 3.05) is 19.7 Å². The van der Waals surface area contributed by atoms with Crippen molar-refractivity contribution >= 4 is 27.5 Å². The van der Waals surface area contributed by atoms with Crippen LogP contribution in [-0.2, 0) is 10.0 Å². The predicted molar refractivity (Wildman–Crippen MR) is 108 cm³/mol. The molecule has 1 aromatic carbocycles. The number of halogens is 2. The number of hydrogen-bond donors (Lipinski definition) is 2. The monoisotopic (exact) mass is 464 g/mol. The van der Waals surface area contributed by atoms with Crippen LogP contribution in [0.25, 0.3) is 0 Å². The van der Waals surface area contributed by atoms with Crippen LogP contribution in [0.1, 0.15) is 34.0 Å². The van der Waals surface area contributed by atoms with Crippen LogP contribution in [0.4, 0.5) is 4.39 Å². The third-order valence-corrected chi connectivity index (χ3v) is 7.95. The summed E-state index contributed by atoms with van der Waals surface area (Å²) in [4.78, 5) is 16.9. The van der Waals surface area contributed by atoms with Crippen molar-refractivity contribution in [3.05, 3.63) is 45.9 Å². The summed E-state index contributed by atoms with van der Waals surface area (Å²) in [6.45, 7) is 2.37. The van der Waals surface area contributed by atoms with Crippen LogP contribution in [0.15, 0.2) is 23.2 Å². The summed E-state index contributed by atoms with van der Waals surface area (Å²) < 4.78 is 48.1. The maximum absolute atomic E-state index is 13.7. The van der Waals surface area contributed by atoms with Gasteiger partial charge < -0.3 is 14.6 Å². The molecule has 5 rings (SSSR count). The van der Waals surface area contributed by atoms with Gasteiger partial charge in [0, 0.05) is 36.3 Å². The summed E-state index contributed by atoms with van der Waals surface area (Å²) in [5, 5.41) is 8.72. The summed E-state index contributed by atoms with van der Waals surface area (Å²) >= 11 is 5.89. The Morgan fingerprint density at radius 3 is 2.87 bits per heavy atom. The summed E-state index contributed by atoms with van der Waals surface area (Å²) in [6.07, 6.45) is 0.496. The van der Waals surface area contributed by atoms with E-state index in [1.807, 2.05) is 0 Å². The van der Waals surface area contributed by atoms with Gasteiger partial charge in [-0.1, -0.05) is 11.6 Å². The fraction of sp³-hybridized carbons (Fsp3) is 0.400. The van der Waals surface area contributed by atoms with Gasteiger partial charge in [-0.15, -0.1) is 0 Å². The lowest BCUT2D eigenvalue weighted by Crippen LogP contribution is -2.49. The van der Waals surface area contributed by atoms with Crippen molar-refractivity contribution in [1.82, 2.24) is 14.6 Å². The van der Waals surface area contributed by atoms with E-state index in [-0.39, 0.29) is 40.0 Å². The number of benzene rings is 1. The Labute approximate surface area is 183 Å². The van der Waals surface area contributed by atoms with E-state index < -0.39 is 21.4 Å². The first-order valence-electron chi connectivity index (χ1n) is 9.68. The standard InChI is InChI=1S/C20H18ClFN4O4S/c1-10-12(19(27)26-7-11(6-23)8-26)3-18(24-10)31(28,29)25-20-5-14(20)13-2-15(21)16(22)4-17(13)30-9-20/h2-4,11,14,24-25H,5,7-9H2,1H3/t14-,20-/m0/s1. The number of nitriles is 1. The van der Waals surface area contributed by atoms with Gasteiger partial charge >= 0.3 is 0 Å². The van der Waals surface area contributed by atoms with Crippen LogP contribution >= 0.6 is 11.6 Å². The molecule has 8 nitrogen and oxygen atoms in total. The van der Waals surface area contributed by atoms with Crippen LogP contribution < -0.4 is 9.46 Å². The van der Waals surface area contributed by atoms with E-state index in [0.717, 1.165) is 0 Å². The number of nitrogens with zero attached hydrogens (tertiary/aromatic N) is 2. The van der Waals surface area contributed by atoms with Crippen LogP contribution in [0.3, 0.4) is 0 Å². The maximum Gasteiger partial charge on any atom is 0.256 e. The highest BCUT2D eigenvalue weighted by Gasteiger charge is 2.61. The largest absolute Gasteiger partial charge is 0.491 e. The second-order valence-corrected chi connectivity index (χ2v) is 10.4. The molecule has 1 amide bonds. The molecule has 1 saturated carbocycles. The lowest BCUT2D eigenvalue weighted by atomic mass is 10.0. The van der Waals surface area contributed by atoms with Gasteiger partial charge in [0.2, 0.25) is 0 Å². The fourth-order valence-corrected chi connectivity index (χ4v) is 5.94. The Hall–Kier alpha value is -2.61. The van der Waals surface area contributed by atoms with Gasteiger partial charge in [0.25, 0.3) is 15.9 Å². The molecule has 2 N–H and O–H groups in total. The SMILES string of the molecule is Cc1[nH]c(S(=O)(=O)N[C@@]23COc4cc(F)c(Cl)cc4[C@@H]2C3)cc1C(=O)N1CC(C#N)C1. The first-order valence-corrected chi connectivity index (χ1v) is 11.5. The number of amides is 1. The molecular weight excluding hydrogens is 447 g/mol. The van der Waals surface area contributed by atoms with Gasteiger partial charge in [-0.25, -0.2) is 12.8 Å². The molecule has 0 spiro atoms. The number of ether oxygens (including phenoxy) is 1. The summed E-state index contributed by atoms with van der Waals surface area (Å²) in [5.74, 6) is -0.888. The minimum absolute atomic E-state index is 0.0410. The second kappa shape index (κ2) is 6.69. The van der Waals surface area contributed by atoms with E-state index in [0.29, 0.717) is 36.5 Å². The highest BCUT2D eigenvalue weighted by molar-refractivity contribution is 7.89. The zero-order valence-corrected chi connectivity index (χ0v) is 18.0. The van der Waals surface area contributed by atoms with Crippen LogP contribution in [0, 0.1) is 30.0 Å². The van der Waals surface area contributed by atoms with Gasteiger partial charge in [-0.3, -0.25) is 4.79 Å². The third-order valence-electron chi connectivity index (χ3n) is 6.19. The Balaban J connectivity index is 1.36. The number of aromatic amines is 1.